The van der Waals surface area contributed by atoms with Crippen molar-refractivity contribution in [1.82, 2.24) is 20.4 Å². The number of methoxy groups -OCH3 is 1. The normalized spacial score (nSPS) is 16.9. The molecule has 0 bridgehead atoms. The van der Waals surface area contributed by atoms with E-state index in [2.05, 4.69) is 50.9 Å². The molecule has 1 saturated heterocycles. The van der Waals surface area contributed by atoms with E-state index in [9.17, 15) is 4.79 Å². The molecular formula is C26H36IN5O2. The van der Waals surface area contributed by atoms with Crippen molar-refractivity contribution in [3.63, 3.8) is 0 Å². The van der Waals surface area contributed by atoms with Crippen LogP contribution in [0.5, 0.6) is 5.75 Å². The lowest BCUT2D eigenvalue weighted by atomic mass is 10.00. The summed E-state index contributed by atoms with van der Waals surface area (Å²) in [6, 6.07) is 16.9. The fourth-order valence-electron chi connectivity index (χ4n) is 4.75. The van der Waals surface area contributed by atoms with Crippen LogP contribution in [0.1, 0.15) is 35.6 Å². The topological polar surface area (TPSA) is 69.2 Å². The maximum absolute atomic E-state index is 12.8. The second-order valence-corrected chi connectivity index (χ2v) is 8.68. The van der Waals surface area contributed by atoms with Crippen LogP contribution in [0.3, 0.4) is 0 Å². The molecule has 0 aliphatic carbocycles. The molecular weight excluding hydrogens is 541 g/mol. The SMILES string of the molecule is CN=C(NCC(=O)N1CCc2ccccc2C1)NCC(c1cccc(OC)c1)N1CCCC1.I. The molecule has 1 atom stereocenters. The Labute approximate surface area is 220 Å². The summed E-state index contributed by atoms with van der Waals surface area (Å²) < 4.78 is 5.44. The summed E-state index contributed by atoms with van der Waals surface area (Å²) in [7, 11) is 3.44. The second-order valence-electron chi connectivity index (χ2n) is 8.68. The molecule has 8 heteroatoms. The highest BCUT2D eigenvalue weighted by Gasteiger charge is 2.25. The van der Waals surface area contributed by atoms with Gasteiger partial charge in [0.2, 0.25) is 5.91 Å². The number of aliphatic imine (C=N–C) groups is 1. The zero-order valence-electron chi connectivity index (χ0n) is 20.1. The number of nitrogens with one attached hydrogen (secondary N) is 2. The zero-order valence-corrected chi connectivity index (χ0v) is 22.5. The third kappa shape index (κ3) is 6.63. The molecule has 0 saturated carbocycles. The van der Waals surface area contributed by atoms with Crippen LogP contribution in [0, 0.1) is 0 Å². The molecule has 4 rings (SSSR count). The van der Waals surface area contributed by atoms with Gasteiger partial charge in [-0.05, 0) is 61.2 Å². The van der Waals surface area contributed by atoms with Gasteiger partial charge in [0, 0.05) is 26.7 Å². The Morgan fingerprint density at radius 2 is 1.82 bits per heavy atom. The smallest absolute Gasteiger partial charge is 0.242 e. The van der Waals surface area contributed by atoms with Gasteiger partial charge in [0.1, 0.15) is 5.75 Å². The first kappa shape index (κ1) is 26.3. The summed E-state index contributed by atoms with van der Waals surface area (Å²) in [6.07, 6.45) is 3.36. The highest BCUT2D eigenvalue weighted by atomic mass is 127. The molecule has 0 radical (unpaired) electrons. The van der Waals surface area contributed by atoms with E-state index in [4.69, 9.17) is 4.74 Å². The number of ether oxygens (including phenoxy) is 1. The number of benzene rings is 2. The average molecular weight is 578 g/mol. The Balaban J connectivity index is 0.00000324. The van der Waals surface area contributed by atoms with Crippen LogP contribution < -0.4 is 15.4 Å². The van der Waals surface area contributed by atoms with Crippen LogP contribution in [-0.4, -0.2) is 68.5 Å². The fraction of sp³-hybridized carbons (Fsp3) is 0.462. The van der Waals surface area contributed by atoms with Crippen molar-refractivity contribution in [2.24, 2.45) is 4.99 Å². The maximum atomic E-state index is 12.8. The van der Waals surface area contributed by atoms with Crippen LogP contribution in [0.25, 0.3) is 0 Å². The van der Waals surface area contributed by atoms with Crippen molar-refractivity contribution < 1.29 is 9.53 Å². The first-order valence-corrected chi connectivity index (χ1v) is 11.8. The number of hydrogen-bond donors (Lipinski definition) is 2. The number of likely N-dealkylation sites (tertiary alicyclic amines) is 1. The Morgan fingerprint density at radius 1 is 1.06 bits per heavy atom. The number of hydrogen-bond acceptors (Lipinski definition) is 4. The largest absolute Gasteiger partial charge is 0.497 e. The van der Waals surface area contributed by atoms with Gasteiger partial charge in [0.15, 0.2) is 5.96 Å². The predicted octanol–water partition coefficient (Wildman–Crippen LogP) is 3.20. The lowest BCUT2D eigenvalue weighted by molar-refractivity contribution is -0.130. The van der Waals surface area contributed by atoms with E-state index in [0.29, 0.717) is 19.0 Å². The summed E-state index contributed by atoms with van der Waals surface area (Å²) >= 11 is 0. The van der Waals surface area contributed by atoms with Crippen molar-refractivity contribution in [3.8, 4) is 5.75 Å². The molecule has 2 aliphatic rings. The number of rotatable bonds is 7. The van der Waals surface area contributed by atoms with E-state index >= 15 is 0 Å². The van der Waals surface area contributed by atoms with Crippen LogP contribution in [0.4, 0.5) is 0 Å². The standard InChI is InChI=1S/C26H35N5O2.HI/c1-27-26(29-18-25(32)31-15-12-20-8-3-4-9-22(20)19-31)28-17-24(30-13-5-6-14-30)21-10-7-11-23(16-21)33-2;/h3-4,7-11,16,24H,5-6,12-15,17-19H2,1-2H3,(H2,27,28,29);1H. The highest BCUT2D eigenvalue weighted by molar-refractivity contribution is 14.0. The number of halogens is 1. The van der Waals surface area contributed by atoms with Crippen LogP contribution >= 0.6 is 24.0 Å². The molecule has 34 heavy (non-hydrogen) atoms. The Kier molecular flexibility index (Phi) is 10.0. The molecule has 184 valence electrons. The van der Waals surface area contributed by atoms with E-state index in [1.807, 2.05) is 23.1 Å². The minimum absolute atomic E-state index is 0. The lowest BCUT2D eigenvalue weighted by Gasteiger charge is -2.30. The molecule has 2 heterocycles. The molecule has 0 aromatic heterocycles. The van der Waals surface area contributed by atoms with Crippen molar-refractivity contribution in [2.45, 2.75) is 31.8 Å². The van der Waals surface area contributed by atoms with Crippen LogP contribution in [0.2, 0.25) is 0 Å². The number of carbonyl (C=O) groups is 1. The minimum Gasteiger partial charge on any atom is -0.497 e. The number of guanidine groups is 1. The number of carbonyl (C=O) groups excluding carboxylic acids is 1. The van der Waals surface area contributed by atoms with E-state index < -0.39 is 0 Å². The Bertz CT molecular complexity index is 977. The lowest BCUT2D eigenvalue weighted by Crippen LogP contribution is -2.47. The molecule has 0 spiro atoms. The van der Waals surface area contributed by atoms with Crippen molar-refractivity contribution in [2.75, 3.05) is 46.9 Å². The molecule has 1 amide bonds. The molecule has 2 aromatic rings. The van der Waals surface area contributed by atoms with E-state index in [-0.39, 0.29) is 42.5 Å². The third-order valence-corrected chi connectivity index (χ3v) is 6.64. The predicted molar refractivity (Wildman–Crippen MR) is 147 cm³/mol. The molecule has 7 nitrogen and oxygen atoms in total. The van der Waals surface area contributed by atoms with Crippen molar-refractivity contribution >= 4 is 35.8 Å². The van der Waals surface area contributed by atoms with Gasteiger partial charge in [0.25, 0.3) is 0 Å². The summed E-state index contributed by atoms with van der Waals surface area (Å²) in [5.74, 6) is 1.61. The van der Waals surface area contributed by atoms with Gasteiger partial charge in [-0.3, -0.25) is 14.7 Å². The van der Waals surface area contributed by atoms with Gasteiger partial charge in [-0.2, -0.15) is 0 Å². The summed E-state index contributed by atoms with van der Waals surface area (Å²) in [4.78, 5) is 21.6. The number of amides is 1. The molecule has 2 aromatic carbocycles. The van der Waals surface area contributed by atoms with Gasteiger partial charge < -0.3 is 20.3 Å². The van der Waals surface area contributed by atoms with Crippen molar-refractivity contribution in [3.05, 3.63) is 65.2 Å². The third-order valence-electron chi connectivity index (χ3n) is 6.64. The minimum atomic E-state index is 0. The monoisotopic (exact) mass is 577 g/mol. The summed E-state index contributed by atoms with van der Waals surface area (Å²) in [5.41, 5.74) is 3.81. The molecule has 2 aliphatic heterocycles. The molecule has 2 N–H and O–H groups in total. The van der Waals surface area contributed by atoms with Gasteiger partial charge >= 0.3 is 0 Å². The quantitative estimate of drug-likeness (QED) is 0.301. The zero-order chi connectivity index (χ0) is 23.0. The number of nitrogens with zero attached hydrogens (tertiary/aromatic N) is 3. The van der Waals surface area contributed by atoms with Crippen LogP contribution in [0.15, 0.2) is 53.5 Å². The van der Waals surface area contributed by atoms with Gasteiger partial charge in [-0.25, -0.2) is 0 Å². The summed E-state index contributed by atoms with van der Waals surface area (Å²) in [5, 5.41) is 6.66. The first-order valence-electron chi connectivity index (χ1n) is 11.8. The Morgan fingerprint density at radius 3 is 2.56 bits per heavy atom. The maximum Gasteiger partial charge on any atom is 0.242 e. The summed E-state index contributed by atoms with van der Waals surface area (Å²) in [6.45, 7) is 4.55. The van der Waals surface area contributed by atoms with Crippen molar-refractivity contribution in [1.29, 1.82) is 0 Å². The Hall–Kier alpha value is -2.33. The fourth-order valence-corrected chi connectivity index (χ4v) is 4.75. The molecule has 1 fully saturated rings. The second kappa shape index (κ2) is 12.9. The average Bonchev–Trinajstić information content (AvgIpc) is 3.40. The van der Waals surface area contributed by atoms with Gasteiger partial charge in [0.05, 0.1) is 19.7 Å². The van der Waals surface area contributed by atoms with E-state index in [1.165, 1.54) is 29.5 Å². The van der Waals surface area contributed by atoms with E-state index in [1.54, 1.807) is 14.2 Å². The van der Waals surface area contributed by atoms with E-state index in [0.717, 1.165) is 31.8 Å². The molecule has 1 unspecified atom stereocenters. The number of fused-ring (bicyclic) bond motifs is 1. The highest BCUT2D eigenvalue weighted by Crippen LogP contribution is 2.27. The first-order chi connectivity index (χ1) is 16.2. The van der Waals surface area contributed by atoms with Gasteiger partial charge in [-0.1, -0.05) is 36.4 Å². The van der Waals surface area contributed by atoms with Gasteiger partial charge in [-0.15, -0.1) is 24.0 Å². The van der Waals surface area contributed by atoms with Crippen LogP contribution in [-0.2, 0) is 17.8 Å².